The van der Waals surface area contributed by atoms with E-state index >= 15 is 0 Å². The van der Waals surface area contributed by atoms with Gasteiger partial charge in [-0.2, -0.15) is 5.10 Å². The van der Waals surface area contributed by atoms with Crippen LogP contribution in [0.25, 0.3) is 11.8 Å². The molecule has 2 aromatic rings. The zero-order valence-electron chi connectivity index (χ0n) is 15.3. The summed E-state index contributed by atoms with van der Waals surface area (Å²) < 4.78 is 15.0. The number of thioether (sulfide) groups is 1. The third kappa shape index (κ3) is 3.69. The van der Waals surface area contributed by atoms with Crippen LogP contribution >= 0.6 is 11.8 Å². The number of amidine groups is 1. The van der Waals surface area contributed by atoms with E-state index in [9.17, 15) is 9.18 Å². The minimum Gasteiger partial charge on any atom is -0.301 e. The third-order valence-electron chi connectivity index (χ3n) is 4.97. The van der Waals surface area contributed by atoms with E-state index in [1.807, 2.05) is 19.9 Å². The molecule has 2 aliphatic rings. The summed E-state index contributed by atoms with van der Waals surface area (Å²) in [5.41, 5.74) is 3.41. The Bertz CT molecular complexity index is 940. The molecule has 1 aromatic heterocycles. The van der Waals surface area contributed by atoms with E-state index in [1.165, 1.54) is 36.7 Å². The van der Waals surface area contributed by atoms with Crippen molar-refractivity contribution in [2.45, 2.75) is 45.6 Å². The Kier molecular flexibility index (Phi) is 4.86. The van der Waals surface area contributed by atoms with Crippen LogP contribution in [-0.2, 0) is 4.79 Å². The Balaban J connectivity index is 1.62. The Labute approximate surface area is 161 Å². The smallest absolute Gasteiger partial charge is 0.264 e. The van der Waals surface area contributed by atoms with Crippen LogP contribution in [0.1, 0.15) is 42.6 Å². The van der Waals surface area contributed by atoms with E-state index in [1.54, 1.807) is 16.8 Å². The van der Waals surface area contributed by atoms with Gasteiger partial charge in [0.1, 0.15) is 5.82 Å². The van der Waals surface area contributed by atoms with Gasteiger partial charge in [-0.3, -0.25) is 9.79 Å². The molecule has 140 valence electrons. The summed E-state index contributed by atoms with van der Waals surface area (Å²) in [5, 5.41) is 8.12. The number of aryl methyl sites for hydroxylation is 1. The minimum absolute atomic E-state index is 0.120. The predicted octanol–water partition coefficient (Wildman–Crippen LogP) is 4.13. The number of aliphatic imine (C=N–C) groups is 1. The van der Waals surface area contributed by atoms with E-state index in [-0.39, 0.29) is 11.7 Å². The van der Waals surface area contributed by atoms with Crippen LogP contribution in [0.15, 0.2) is 34.2 Å². The number of nitrogens with zero attached hydrogens (tertiary/aromatic N) is 3. The van der Waals surface area contributed by atoms with Crippen molar-refractivity contribution in [3.63, 3.8) is 0 Å². The number of halogens is 1. The molecule has 5 nitrogen and oxygen atoms in total. The molecule has 1 saturated heterocycles. The van der Waals surface area contributed by atoms with Crippen molar-refractivity contribution in [2.24, 2.45) is 4.99 Å². The fourth-order valence-electron chi connectivity index (χ4n) is 3.52. The van der Waals surface area contributed by atoms with Crippen LogP contribution in [0, 0.1) is 19.7 Å². The fourth-order valence-corrected chi connectivity index (χ4v) is 4.39. The van der Waals surface area contributed by atoms with E-state index in [4.69, 9.17) is 0 Å². The van der Waals surface area contributed by atoms with E-state index < -0.39 is 0 Å². The Hall–Kier alpha value is -2.41. The van der Waals surface area contributed by atoms with Gasteiger partial charge in [0, 0.05) is 11.3 Å². The molecule has 0 bridgehead atoms. The van der Waals surface area contributed by atoms with Gasteiger partial charge in [0.05, 0.1) is 22.3 Å². The summed E-state index contributed by atoms with van der Waals surface area (Å²) in [7, 11) is 0. The fraction of sp³-hybridized carbons (Fsp3) is 0.350. The van der Waals surface area contributed by atoms with Gasteiger partial charge in [0.15, 0.2) is 5.17 Å². The SMILES string of the molecule is Cc1nn(-c2ccc(F)cc2)c(C)c1/C=C1\SC(=NC2CCCC2)NC1=O. The molecule has 7 heteroatoms. The van der Waals surface area contributed by atoms with Crippen LogP contribution < -0.4 is 5.32 Å². The monoisotopic (exact) mass is 384 g/mol. The van der Waals surface area contributed by atoms with Crippen molar-refractivity contribution in [3.05, 3.63) is 51.9 Å². The molecular formula is C20H21FN4OS. The summed E-state index contributed by atoms with van der Waals surface area (Å²) >= 11 is 1.39. The second-order valence-corrected chi connectivity index (χ2v) is 7.94. The maximum Gasteiger partial charge on any atom is 0.264 e. The van der Waals surface area contributed by atoms with Crippen molar-refractivity contribution in [2.75, 3.05) is 0 Å². The number of aromatic nitrogens is 2. The molecule has 1 saturated carbocycles. The highest BCUT2D eigenvalue weighted by molar-refractivity contribution is 8.18. The number of rotatable bonds is 3. The van der Waals surface area contributed by atoms with Crippen LogP contribution in [-0.4, -0.2) is 26.9 Å². The zero-order valence-corrected chi connectivity index (χ0v) is 16.1. The molecule has 0 unspecified atom stereocenters. The summed E-state index contributed by atoms with van der Waals surface area (Å²) in [6, 6.07) is 6.53. The number of hydrogen-bond donors (Lipinski definition) is 1. The van der Waals surface area contributed by atoms with Crippen LogP contribution in [0.4, 0.5) is 4.39 Å². The van der Waals surface area contributed by atoms with Gasteiger partial charge in [-0.05, 0) is 68.8 Å². The second-order valence-electron chi connectivity index (χ2n) is 6.91. The molecular weight excluding hydrogens is 363 g/mol. The standard InChI is InChI=1S/C20H21FN4OS/c1-12-17(13(2)25(24-12)16-9-7-14(21)8-10-16)11-18-19(26)23-20(27-18)22-15-5-3-4-6-15/h7-11,15H,3-6H2,1-2H3,(H,22,23,26)/b18-11-. The Morgan fingerprint density at radius 2 is 1.96 bits per heavy atom. The highest BCUT2D eigenvalue weighted by atomic mass is 32.2. The van der Waals surface area contributed by atoms with Gasteiger partial charge < -0.3 is 5.32 Å². The van der Waals surface area contributed by atoms with E-state index in [2.05, 4.69) is 15.4 Å². The molecule has 1 aliphatic carbocycles. The first kappa shape index (κ1) is 18.0. The molecule has 0 spiro atoms. The lowest BCUT2D eigenvalue weighted by Crippen LogP contribution is -2.21. The van der Waals surface area contributed by atoms with Gasteiger partial charge in [-0.1, -0.05) is 12.8 Å². The van der Waals surface area contributed by atoms with Gasteiger partial charge in [-0.15, -0.1) is 0 Å². The first-order chi connectivity index (χ1) is 13.0. The van der Waals surface area contributed by atoms with Crippen molar-refractivity contribution >= 4 is 28.9 Å². The molecule has 0 radical (unpaired) electrons. The molecule has 0 atom stereocenters. The minimum atomic E-state index is -0.282. The highest BCUT2D eigenvalue weighted by Crippen LogP contribution is 2.30. The molecule has 4 rings (SSSR count). The maximum absolute atomic E-state index is 13.2. The van der Waals surface area contributed by atoms with Crippen LogP contribution in [0.2, 0.25) is 0 Å². The average molecular weight is 384 g/mol. The third-order valence-corrected chi connectivity index (χ3v) is 5.89. The lowest BCUT2D eigenvalue weighted by molar-refractivity contribution is -0.115. The van der Waals surface area contributed by atoms with Crippen molar-refractivity contribution in [1.29, 1.82) is 0 Å². The Morgan fingerprint density at radius 3 is 2.67 bits per heavy atom. The van der Waals surface area contributed by atoms with Crippen molar-refractivity contribution < 1.29 is 9.18 Å². The van der Waals surface area contributed by atoms with Gasteiger partial charge in [0.25, 0.3) is 5.91 Å². The normalized spacial score (nSPS) is 20.8. The average Bonchev–Trinajstić information content (AvgIpc) is 3.33. The quantitative estimate of drug-likeness (QED) is 0.810. The number of hydrogen-bond acceptors (Lipinski definition) is 4. The number of carbonyl (C=O) groups excluding carboxylic acids is 1. The molecule has 1 N–H and O–H groups in total. The molecule has 1 aromatic carbocycles. The summed E-state index contributed by atoms with van der Waals surface area (Å²) in [6.07, 6.45) is 6.49. The Morgan fingerprint density at radius 1 is 1.26 bits per heavy atom. The lowest BCUT2D eigenvalue weighted by atomic mass is 10.2. The summed E-state index contributed by atoms with van der Waals surface area (Å²) in [6.45, 7) is 3.85. The number of amides is 1. The molecule has 27 heavy (non-hydrogen) atoms. The highest BCUT2D eigenvalue weighted by Gasteiger charge is 2.26. The molecule has 1 aliphatic heterocycles. The summed E-state index contributed by atoms with van der Waals surface area (Å²) in [4.78, 5) is 17.6. The summed E-state index contributed by atoms with van der Waals surface area (Å²) in [5.74, 6) is -0.402. The van der Waals surface area contributed by atoms with Gasteiger partial charge in [-0.25, -0.2) is 9.07 Å². The first-order valence-electron chi connectivity index (χ1n) is 9.12. The molecule has 2 heterocycles. The number of nitrogens with one attached hydrogen (secondary N) is 1. The number of benzene rings is 1. The van der Waals surface area contributed by atoms with Crippen molar-refractivity contribution in [1.82, 2.24) is 15.1 Å². The van der Waals surface area contributed by atoms with E-state index in [0.717, 1.165) is 35.5 Å². The lowest BCUT2D eigenvalue weighted by Gasteiger charge is -2.04. The maximum atomic E-state index is 13.2. The van der Waals surface area contributed by atoms with Crippen molar-refractivity contribution in [3.8, 4) is 5.69 Å². The van der Waals surface area contributed by atoms with Crippen LogP contribution in [0.3, 0.4) is 0 Å². The predicted molar refractivity (Wildman–Crippen MR) is 106 cm³/mol. The molecule has 1 amide bonds. The van der Waals surface area contributed by atoms with Gasteiger partial charge >= 0.3 is 0 Å². The zero-order chi connectivity index (χ0) is 19.0. The molecule has 2 fully saturated rings. The number of carbonyl (C=O) groups is 1. The van der Waals surface area contributed by atoms with E-state index in [0.29, 0.717) is 16.1 Å². The first-order valence-corrected chi connectivity index (χ1v) is 9.94. The second kappa shape index (κ2) is 7.31. The largest absolute Gasteiger partial charge is 0.301 e. The van der Waals surface area contributed by atoms with Gasteiger partial charge in [0.2, 0.25) is 0 Å². The topological polar surface area (TPSA) is 59.3 Å². The van der Waals surface area contributed by atoms with Crippen LogP contribution in [0.5, 0.6) is 0 Å².